The van der Waals surface area contributed by atoms with Gasteiger partial charge in [-0.1, -0.05) is 23.9 Å². The fraction of sp³-hybridized carbons (Fsp3) is 0.100. The van der Waals surface area contributed by atoms with Crippen LogP contribution >= 0.6 is 34.6 Å². The van der Waals surface area contributed by atoms with E-state index in [-0.39, 0.29) is 17.2 Å². The molecule has 7 heteroatoms. The summed E-state index contributed by atoms with van der Waals surface area (Å²) in [5.74, 6) is 0.107. The van der Waals surface area contributed by atoms with Crippen LogP contribution in [0.1, 0.15) is 0 Å². The number of hydrogen-bond acceptors (Lipinski definition) is 4. The summed E-state index contributed by atoms with van der Waals surface area (Å²) >= 11 is 2.97. The van der Waals surface area contributed by atoms with Gasteiger partial charge in [0.15, 0.2) is 5.16 Å². The van der Waals surface area contributed by atoms with Crippen molar-refractivity contribution in [2.24, 2.45) is 0 Å². The number of aromatic amines is 1. The minimum absolute atomic E-state index is 0.119. The Bertz CT molecular complexity index is 614. The zero-order chi connectivity index (χ0) is 12.3. The Morgan fingerprint density at radius 1 is 1.47 bits per heavy atom. The molecular formula is C10H8IN3O2S. The van der Waals surface area contributed by atoms with Gasteiger partial charge >= 0.3 is 0 Å². The largest absolute Gasteiger partial charge is 0.301 e. The summed E-state index contributed by atoms with van der Waals surface area (Å²) < 4.78 is 2.48. The van der Waals surface area contributed by atoms with Crippen molar-refractivity contribution < 1.29 is 4.79 Å². The molecule has 1 aromatic heterocycles. The highest BCUT2D eigenvalue weighted by Gasteiger charge is 2.05. The van der Waals surface area contributed by atoms with Crippen LogP contribution in [0.4, 0.5) is 0 Å². The molecule has 0 aliphatic carbocycles. The Hall–Kier alpha value is -1.09. The molecule has 0 spiro atoms. The Kier molecular flexibility index (Phi) is 4.00. The molecular weight excluding hydrogens is 353 g/mol. The van der Waals surface area contributed by atoms with Crippen LogP contribution in [0.2, 0.25) is 0 Å². The van der Waals surface area contributed by atoms with Gasteiger partial charge in [-0.05, 0) is 12.1 Å². The highest BCUT2D eigenvalue weighted by atomic mass is 127. The average molecular weight is 361 g/mol. The van der Waals surface area contributed by atoms with Crippen LogP contribution in [0.25, 0.3) is 10.9 Å². The molecule has 0 saturated heterocycles. The summed E-state index contributed by atoms with van der Waals surface area (Å²) in [7, 11) is 0. The Labute approximate surface area is 115 Å². The number of benzene rings is 1. The lowest BCUT2D eigenvalue weighted by molar-refractivity contribution is -0.116. The molecule has 5 nitrogen and oxygen atoms in total. The lowest BCUT2D eigenvalue weighted by atomic mass is 10.2. The van der Waals surface area contributed by atoms with Crippen LogP contribution in [0, 0.1) is 0 Å². The van der Waals surface area contributed by atoms with E-state index in [4.69, 9.17) is 0 Å². The van der Waals surface area contributed by atoms with Gasteiger partial charge in [0, 0.05) is 0 Å². The predicted octanol–water partition coefficient (Wildman–Crippen LogP) is 1.48. The molecule has 2 rings (SSSR count). The van der Waals surface area contributed by atoms with Gasteiger partial charge in [-0.25, -0.2) is 4.98 Å². The van der Waals surface area contributed by atoms with Crippen LogP contribution in [-0.4, -0.2) is 21.6 Å². The molecule has 0 aliphatic heterocycles. The van der Waals surface area contributed by atoms with E-state index < -0.39 is 0 Å². The maximum absolute atomic E-state index is 11.7. The number of nitrogens with zero attached hydrogens (tertiary/aromatic N) is 1. The molecule has 0 fully saturated rings. The number of nitrogens with one attached hydrogen (secondary N) is 2. The monoisotopic (exact) mass is 361 g/mol. The van der Waals surface area contributed by atoms with Crippen molar-refractivity contribution in [3.8, 4) is 0 Å². The van der Waals surface area contributed by atoms with E-state index in [0.29, 0.717) is 16.1 Å². The zero-order valence-corrected chi connectivity index (χ0v) is 11.5. The number of H-pyrrole nitrogens is 1. The van der Waals surface area contributed by atoms with E-state index in [2.05, 4.69) is 13.5 Å². The SMILES string of the molecule is O=C(CSc1nc2ccccc2c(=O)[nH]1)NI. The molecule has 1 aromatic carbocycles. The minimum atomic E-state index is -0.187. The van der Waals surface area contributed by atoms with E-state index in [1.165, 1.54) is 11.8 Å². The van der Waals surface area contributed by atoms with Crippen LogP contribution in [0.3, 0.4) is 0 Å². The first-order valence-corrected chi connectivity index (χ1v) is 6.78. The Morgan fingerprint density at radius 2 is 2.24 bits per heavy atom. The molecule has 17 heavy (non-hydrogen) atoms. The highest BCUT2D eigenvalue weighted by molar-refractivity contribution is 14.1. The van der Waals surface area contributed by atoms with Gasteiger partial charge < -0.3 is 4.98 Å². The maximum atomic E-state index is 11.7. The van der Waals surface area contributed by atoms with Gasteiger partial charge in [0.25, 0.3) is 5.56 Å². The summed E-state index contributed by atoms with van der Waals surface area (Å²) in [6.45, 7) is 0. The van der Waals surface area contributed by atoms with Crippen molar-refractivity contribution in [3.05, 3.63) is 34.6 Å². The van der Waals surface area contributed by atoms with Gasteiger partial charge in [0.05, 0.1) is 39.5 Å². The third-order valence-electron chi connectivity index (χ3n) is 2.04. The first kappa shape index (κ1) is 12.4. The van der Waals surface area contributed by atoms with Crippen LogP contribution < -0.4 is 9.09 Å². The van der Waals surface area contributed by atoms with E-state index in [0.717, 1.165) is 0 Å². The number of para-hydroxylation sites is 1. The predicted molar refractivity (Wildman–Crippen MR) is 75.3 cm³/mol. The van der Waals surface area contributed by atoms with Crippen molar-refractivity contribution in [1.29, 1.82) is 0 Å². The summed E-state index contributed by atoms with van der Waals surface area (Å²) in [5, 5.41) is 1.00. The second-order valence-corrected chi connectivity index (χ2v) is 4.70. The fourth-order valence-electron chi connectivity index (χ4n) is 1.29. The lowest BCUT2D eigenvalue weighted by Crippen LogP contribution is -2.15. The minimum Gasteiger partial charge on any atom is -0.301 e. The van der Waals surface area contributed by atoms with E-state index >= 15 is 0 Å². The molecule has 2 aromatic rings. The Morgan fingerprint density at radius 3 is 3.00 bits per heavy atom. The molecule has 0 bridgehead atoms. The van der Waals surface area contributed by atoms with Gasteiger partial charge in [-0.2, -0.15) is 0 Å². The molecule has 0 saturated carbocycles. The first-order valence-electron chi connectivity index (χ1n) is 4.72. The van der Waals surface area contributed by atoms with Gasteiger partial charge in [-0.3, -0.25) is 13.1 Å². The van der Waals surface area contributed by atoms with E-state index in [9.17, 15) is 9.59 Å². The van der Waals surface area contributed by atoms with Crippen molar-refractivity contribution in [2.45, 2.75) is 5.16 Å². The molecule has 0 atom stereocenters. The summed E-state index contributed by atoms with van der Waals surface area (Å²) in [6, 6.07) is 7.09. The van der Waals surface area contributed by atoms with Crippen molar-refractivity contribution in [3.63, 3.8) is 0 Å². The first-order chi connectivity index (χ1) is 8.20. The Balaban J connectivity index is 2.31. The number of thioether (sulfide) groups is 1. The third-order valence-corrected chi connectivity index (χ3v) is 3.51. The van der Waals surface area contributed by atoms with E-state index in [1.807, 2.05) is 6.07 Å². The second kappa shape index (κ2) is 5.50. The van der Waals surface area contributed by atoms with Crippen molar-refractivity contribution in [2.75, 3.05) is 5.75 Å². The van der Waals surface area contributed by atoms with Crippen molar-refractivity contribution >= 4 is 51.4 Å². The van der Waals surface area contributed by atoms with E-state index in [1.54, 1.807) is 41.1 Å². The third kappa shape index (κ3) is 2.97. The smallest absolute Gasteiger partial charge is 0.259 e. The van der Waals surface area contributed by atoms with Crippen LogP contribution in [-0.2, 0) is 4.79 Å². The number of hydrogen-bond donors (Lipinski definition) is 2. The zero-order valence-electron chi connectivity index (χ0n) is 8.57. The van der Waals surface area contributed by atoms with Crippen LogP contribution in [0.5, 0.6) is 0 Å². The molecule has 88 valence electrons. The number of carbonyl (C=O) groups excluding carboxylic acids is 1. The summed E-state index contributed by atoms with van der Waals surface area (Å²) in [5.41, 5.74) is 0.446. The number of aromatic nitrogens is 2. The van der Waals surface area contributed by atoms with Crippen molar-refractivity contribution in [1.82, 2.24) is 13.5 Å². The van der Waals surface area contributed by atoms with Gasteiger partial charge in [0.2, 0.25) is 5.91 Å². The standard InChI is InChI=1S/C10H8IN3O2S/c11-14-8(15)5-17-10-12-7-4-2-1-3-6(7)9(16)13-10/h1-4H,5H2,(H,14,15)(H,12,13,16). The summed E-state index contributed by atoms with van der Waals surface area (Å²) in [4.78, 5) is 29.7. The maximum Gasteiger partial charge on any atom is 0.259 e. The quantitative estimate of drug-likeness (QED) is 0.376. The molecule has 0 aliphatic rings. The normalized spacial score (nSPS) is 10.4. The number of carbonyl (C=O) groups is 1. The lowest BCUT2D eigenvalue weighted by Gasteiger charge is -2.01. The molecule has 0 radical (unpaired) electrons. The molecule has 1 amide bonds. The fourth-order valence-corrected chi connectivity index (χ4v) is 2.41. The molecule has 2 N–H and O–H groups in total. The topological polar surface area (TPSA) is 74.8 Å². The number of rotatable bonds is 3. The van der Waals surface area contributed by atoms with Crippen LogP contribution in [0.15, 0.2) is 34.2 Å². The molecule has 1 heterocycles. The van der Waals surface area contributed by atoms with Gasteiger partial charge in [-0.15, -0.1) is 0 Å². The number of fused-ring (bicyclic) bond motifs is 1. The van der Waals surface area contributed by atoms with Gasteiger partial charge in [0.1, 0.15) is 0 Å². The second-order valence-electron chi connectivity index (χ2n) is 3.19. The number of halogens is 1. The highest BCUT2D eigenvalue weighted by Crippen LogP contribution is 2.14. The summed E-state index contributed by atoms with van der Waals surface area (Å²) in [6.07, 6.45) is 0. The average Bonchev–Trinajstić information content (AvgIpc) is 2.36. The number of amides is 1. The molecule has 0 unspecified atom stereocenters.